The quantitative estimate of drug-likeness (QED) is 0.824. The lowest BCUT2D eigenvalue weighted by Gasteiger charge is -2.09. The van der Waals surface area contributed by atoms with Gasteiger partial charge in [0.25, 0.3) is 0 Å². The van der Waals surface area contributed by atoms with Gasteiger partial charge in [-0.15, -0.1) is 0 Å². The molecule has 1 amide bonds. The van der Waals surface area contributed by atoms with Gasteiger partial charge in [0.2, 0.25) is 5.91 Å². The van der Waals surface area contributed by atoms with Crippen molar-refractivity contribution in [2.75, 3.05) is 11.9 Å². The van der Waals surface area contributed by atoms with E-state index in [1.165, 1.54) is 5.56 Å². The highest BCUT2D eigenvalue weighted by atomic mass is 16.5. The molecule has 0 aliphatic rings. The minimum absolute atomic E-state index is 0.0266. The van der Waals surface area contributed by atoms with E-state index < -0.39 is 0 Å². The summed E-state index contributed by atoms with van der Waals surface area (Å²) in [5.74, 6) is 0.708. The zero-order valence-corrected chi connectivity index (χ0v) is 12.8. The van der Waals surface area contributed by atoms with Crippen molar-refractivity contribution in [3.05, 3.63) is 59.7 Å². The molecule has 0 aliphatic carbocycles. The molecule has 2 aromatic carbocycles. The first-order valence-corrected chi connectivity index (χ1v) is 7.46. The molecule has 2 aromatic rings. The average Bonchev–Trinajstić information content (AvgIpc) is 2.51. The Kier molecular flexibility index (Phi) is 5.98. The molecule has 4 heteroatoms. The van der Waals surface area contributed by atoms with Crippen LogP contribution >= 0.6 is 0 Å². The van der Waals surface area contributed by atoms with Crippen LogP contribution in [0.5, 0.6) is 5.75 Å². The largest absolute Gasteiger partial charge is 0.489 e. The van der Waals surface area contributed by atoms with E-state index >= 15 is 0 Å². The normalized spacial score (nSPS) is 10.3. The van der Waals surface area contributed by atoms with E-state index in [1.807, 2.05) is 36.4 Å². The topological polar surface area (TPSA) is 64.3 Å². The summed E-state index contributed by atoms with van der Waals surface area (Å²) >= 11 is 0. The van der Waals surface area contributed by atoms with Gasteiger partial charge >= 0.3 is 0 Å². The van der Waals surface area contributed by atoms with Gasteiger partial charge in [-0.1, -0.05) is 35.9 Å². The third kappa shape index (κ3) is 5.22. The zero-order valence-electron chi connectivity index (χ0n) is 12.8. The smallest absolute Gasteiger partial charge is 0.224 e. The molecule has 0 saturated heterocycles. The summed E-state index contributed by atoms with van der Waals surface area (Å²) in [6.45, 7) is 3.08. The number of anilines is 1. The van der Waals surface area contributed by atoms with Gasteiger partial charge < -0.3 is 15.8 Å². The van der Waals surface area contributed by atoms with Crippen molar-refractivity contribution in [1.29, 1.82) is 0 Å². The van der Waals surface area contributed by atoms with Crippen molar-refractivity contribution in [3.63, 3.8) is 0 Å². The van der Waals surface area contributed by atoms with E-state index in [2.05, 4.69) is 24.4 Å². The Morgan fingerprint density at radius 2 is 2.00 bits per heavy atom. The summed E-state index contributed by atoms with van der Waals surface area (Å²) in [5, 5.41) is 2.85. The fourth-order valence-corrected chi connectivity index (χ4v) is 2.12. The monoisotopic (exact) mass is 298 g/mol. The highest BCUT2D eigenvalue weighted by molar-refractivity contribution is 5.90. The molecule has 116 valence electrons. The number of carbonyl (C=O) groups excluding carboxylic acids is 1. The zero-order chi connectivity index (χ0) is 15.8. The Morgan fingerprint density at radius 3 is 2.77 bits per heavy atom. The van der Waals surface area contributed by atoms with Crippen molar-refractivity contribution < 1.29 is 9.53 Å². The number of rotatable bonds is 7. The molecule has 0 atom stereocenters. The molecule has 0 heterocycles. The van der Waals surface area contributed by atoms with Gasteiger partial charge in [0.15, 0.2) is 0 Å². The van der Waals surface area contributed by atoms with Crippen LogP contribution in [-0.2, 0) is 11.4 Å². The van der Waals surface area contributed by atoms with Gasteiger partial charge in [0.05, 0.1) is 0 Å². The van der Waals surface area contributed by atoms with E-state index in [-0.39, 0.29) is 5.91 Å². The summed E-state index contributed by atoms with van der Waals surface area (Å²) in [6.07, 6.45) is 1.13. The molecule has 0 aliphatic heterocycles. The van der Waals surface area contributed by atoms with Crippen LogP contribution in [-0.4, -0.2) is 12.5 Å². The summed E-state index contributed by atoms with van der Waals surface area (Å²) in [6, 6.07) is 15.6. The minimum atomic E-state index is -0.0266. The van der Waals surface area contributed by atoms with Gasteiger partial charge in [-0.05, 0) is 37.6 Å². The molecule has 0 unspecified atom stereocenters. The van der Waals surface area contributed by atoms with Crippen LogP contribution in [0.3, 0.4) is 0 Å². The maximum absolute atomic E-state index is 11.7. The highest BCUT2D eigenvalue weighted by Gasteiger charge is 2.03. The second-order valence-corrected chi connectivity index (χ2v) is 5.25. The van der Waals surface area contributed by atoms with Crippen LogP contribution in [0.1, 0.15) is 24.0 Å². The Morgan fingerprint density at radius 1 is 1.18 bits per heavy atom. The lowest BCUT2D eigenvalue weighted by Crippen LogP contribution is -2.13. The van der Waals surface area contributed by atoms with Gasteiger partial charge in [-0.2, -0.15) is 0 Å². The lowest BCUT2D eigenvalue weighted by molar-refractivity contribution is -0.116. The number of carbonyl (C=O) groups is 1. The Labute approximate surface area is 131 Å². The first-order chi connectivity index (χ1) is 10.7. The van der Waals surface area contributed by atoms with Crippen LogP contribution in [0.2, 0.25) is 0 Å². The molecule has 0 radical (unpaired) electrons. The van der Waals surface area contributed by atoms with Crippen LogP contribution < -0.4 is 15.8 Å². The molecule has 0 aromatic heterocycles. The second-order valence-electron chi connectivity index (χ2n) is 5.25. The van der Waals surface area contributed by atoms with Crippen LogP contribution in [0, 0.1) is 6.92 Å². The molecule has 0 fully saturated rings. The summed E-state index contributed by atoms with van der Waals surface area (Å²) in [7, 11) is 0. The van der Waals surface area contributed by atoms with Gasteiger partial charge in [0, 0.05) is 18.2 Å². The molecular weight excluding hydrogens is 276 g/mol. The van der Waals surface area contributed by atoms with Crippen LogP contribution in [0.4, 0.5) is 5.69 Å². The first kappa shape index (κ1) is 16.0. The van der Waals surface area contributed by atoms with Crippen molar-refractivity contribution in [2.45, 2.75) is 26.4 Å². The van der Waals surface area contributed by atoms with E-state index in [1.54, 1.807) is 0 Å². The summed E-state index contributed by atoms with van der Waals surface area (Å²) in [4.78, 5) is 11.7. The minimum Gasteiger partial charge on any atom is -0.489 e. The molecule has 4 nitrogen and oxygen atoms in total. The number of aryl methyl sites for hydroxylation is 1. The lowest BCUT2D eigenvalue weighted by atomic mass is 10.1. The molecule has 0 saturated carbocycles. The van der Waals surface area contributed by atoms with E-state index in [4.69, 9.17) is 10.5 Å². The standard InChI is InChI=1S/C18H22N2O2/c1-14-5-2-6-15(11-14)13-22-17-8-3-7-16(12-17)20-18(21)9-4-10-19/h2-3,5-8,11-12H,4,9-10,13,19H2,1H3,(H,20,21). The fourth-order valence-electron chi connectivity index (χ4n) is 2.12. The molecule has 3 N–H and O–H groups in total. The highest BCUT2D eigenvalue weighted by Crippen LogP contribution is 2.19. The second kappa shape index (κ2) is 8.20. The summed E-state index contributed by atoms with van der Waals surface area (Å²) in [5.41, 5.74) is 8.47. The molecule has 22 heavy (non-hydrogen) atoms. The van der Waals surface area contributed by atoms with E-state index in [0.29, 0.717) is 26.0 Å². The molecule has 0 spiro atoms. The van der Waals surface area contributed by atoms with Gasteiger partial charge in [0.1, 0.15) is 12.4 Å². The van der Waals surface area contributed by atoms with Crippen molar-refractivity contribution in [2.24, 2.45) is 5.73 Å². The van der Waals surface area contributed by atoms with Gasteiger partial charge in [-0.3, -0.25) is 4.79 Å². The van der Waals surface area contributed by atoms with Gasteiger partial charge in [-0.25, -0.2) is 0 Å². The molecule has 2 rings (SSSR count). The Balaban J connectivity index is 1.92. The number of nitrogens with one attached hydrogen (secondary N) is 1. The molecular formula is C18H22N2O2. The van der Waals surface area contributed by atoms with E-state index in [0.717, 1.165) is 17.0 Å². The maximum Gasteiger partial charge on any atom is 0.224 e. The number of benzene rings is 2. The van der Waals surface area contributed by atoms with Crippen LogP contribution in [0.15, 0.2) is 48.5 Å². The number of amides is 1. The number of hydrogen-bond acceptors (Lipinski definition) is 3. The Bertz CT molecular complexity index is 626. The molecule has 0 bridgehead atoms. The van der Waals surface area contributed by atoms with Crippen molar-refractivity contribution in [3.8, 4) is 5.75 Å². The van der Waals surface area contributed by atoms with Crippen LogP contribution in [0.25, 0.3) is 0 Å². The van der Waals surface area contributed by atoms with E-state index in [9.17, 15) is 4.79 Å². The van der Waals surface area contributed by atoms with Crippen molar-refractivity contribution in [1.82, 2.24) is 0 Å². The summed E-state index contributed by atoms with van der Waals surface area (Å²) < 4.78 is 5.78. The first-order valence-electron chi connectivity index (χ1n) is 7.46. The third-order valence-electron chi connectivity index (χ3n) is 3.21. The predicted octanol–water partition coefficient (Wildman–Crippen LogP) is 3.25. The fraction of sp³-hybridized carbons (Fsp3) is 0.278. The third-order valence-corrected chi connectivity index (χ3v) is 3.21. The Hall–Kier alpha value is -2.33. The maximum atomic E-state index is 11.7. The number of ether oxygens (including phenoxy) is 1. The van der Waals surface area contributed by atoms with Crippen molar-refractivity contribution >= 4 is 11.6 Å². The SMILES string of the molecule is Cc1cccc(COc2cccc(NC(=O)CCCN)c2)c1. The number of hydrogen-bond donors (Lipinski definition) is 2. The number of nitrogens with two attached hydrogens (primary N) is 1. The average molecular weight is 298 g/mol. The predicted molar refractivity (Wildman–Crippen MR) is 88.9 cm³/mol.